The molecule has 2 aromatic rings. The summed E-state index contributed by atoms with van der Waals surface area (Å²) in [6.45, 7) is -2.44. The first kappa shape index (κ1) is 23.5. The molecule has 30 heavy (non-hydrogen) atoms. The number of pyridine rings is 1. The van der Waals surface area contributed by atoms with E-state index < -0.39 is 47.6 Å². The highest BCUT2D eigenvalue weighted by Crippen LogP contribution is 2.48. The summed E-state index contributed by atoms with van der Waals surface area (Å²) in [5.41, 5.74) is 2.12. The van der Waals surface area contributed by atoms with Crippen molar-refractivity contribution in [1.29, 1.82) is 0 Å². The Labute approximate surface area is 167 Å². The quantitative estimate of drug-likeness (QED) is 0.480. The van der Waals surface area contributed by atoms with Crippen molar-refractivity contribution in [1.82, 2.24) is 9.97 Å². The Kier molecular flexibility index (Phi) is 6.69. The first-order valence-corrected chi connectivity index (χ1v) is 8.00. The molecule has 0 saturated heterocycles. The second-order valence-electron chi connectivity index (χ2n) is 5.60. The second-order valence-corrected chi connectivity index (χ2v) is 6.00. The number of halogens is 9. The van der Waals surface area contributed by atoms with Gasteiger partial charge in [-0.25, -0.2) is 13.8 Å². The minimum Gasteiger partial charge on any atom is -0.470 e. The van der Waals surface area contributed by atoms with Gasteiger partial charge in [0, 0.05) is 6.20 Å². The third-order valence-electron chi connectivity index (χ3n) is 3.47. The summed E-state index contributed by atoms with van der Waals surface area (Å²) in [5, 5.41) is -0.609. The number of carbonyl (C=O) groups is 1. The zero-order valence-electron chi connectivity index (χ0n) is 14.3. The molecule has 2 aromatic heterocycles. The number of rotatable bonds is 8. The molecule has 0 aliphatic carbocycles. The highest BCUT2D eigenvalue weighted by molar-refractivity contribution is 6.32. The van der Waals surface area contributed by atoms with E-state index in [9.17, 15) is 39.9 Å². The van der Waals surface area contributed by atoms with Crippen molar-refractivity contribution in [3.8, 4) is 5.88 Å². The lowest BCUT2D eigenvalue weighted by Gasteiger charge is -2.31. The van der Waals surface area contributed by atoms with Gasteiger partial charge in [-0.2, -0.15) is 26.3 Å². The van der Waals surface area contributed by atoms with E-state index in [-0.39, 0.29) is 5.56 Å². The molecule has 0 aliphatic heterocycles. The van der Waals surface area contributed by atoms with Gasteiger partial charge in [0.25, 0.3) is 0 Å². The van der Waals surface area contributed by atoms with Gasteiger partial charge in [-0.15, -0.1) is 5.43 Å². The molecule has 6 nitrogen and oxygen atoms in total. The number of carbonyl (C=O) groups excluding carboxylic acids is 1. The normalized spacial score (nSPS) is 12.7. The van der Waals surface area contributed by atoms with Crippen LogP contribution >= 0.6 is 11.6 Å². The SMILES string of the molecule is O=C(N[n+]1ccncc1)c1cnc(OCC(F)(F)C(F)(F)C(F)(F)C(F)F)c(Cl)c1. The largest absolute Gasteiger partial charge is 0.470 e. The minimum atomic E-state index is -6.43. The fraction of sp³-hybridized carbons (Fsp3) is 0.333. The molecule has 164 valence electrons. The summed E-state index contributed by atoms with van der Waals surface area (Å²) in [6.07, 6.45) is 1.13. The summed E-state index contributed by atoms with van der Waals surface area (Å²) < 4.78 is 109. The average Bonchev–Trinajstić information content (AvgIpc) is 2.67. The van der Waals surface area contributed by atoms with E-state index >= 15 is 0 Å². The Morgan fingerprint density at radius 1 is 1.17 bits per heavy atom. The molecule has 0 bridgehead atoms. The monoisotopic (exact) mass is 465 g/mol. The first-order chi connectivity index (χ1) is 13.8. The van der Waals surface area contributed by atoms with E-state index in [0.717, 1.165) is 12.3 Å². The lowest BCUT2D eigenvalue weighted by atomic mass is 10.1. The number of hydrogen-bond donors (Lipinski definition) is 1. The number of amides is 1. The Balaban J connectivity index is 2.11. The standard InChI is InChI=1S/C15H9ClF8N4O2/c16-9-5-8(10(29)27-28-3-1-25-2-4-28)6-26-11(9)30-7-13(19,20)15(23,24)14(21,22)12(17)18/h1-6,12H,7H2/p+1. The highest BCUT2D eigenvalue weighted by Gasteiger charge is 2.75. The van der Waals surface area contributed by atoms with Crippen LogP contribution in [-0.4, -0.2) is 46.7 Å². The van der Waals surface area contributed by atoms with Crippen molar-refractivity contribution < 1.29 is 49.3 Å². The Bertz CT molecular complexity index is 901. The zero-order chi connectivity index (χ0) is 22.7. The van der Waals surface area contributed by atoms with Gasteiger partial charge < -0.3 is 4.74 Å². The van der Waals surface area contributed by atoms with Gasteiger partial charge in [0.05, 0.1) is 18.0 Å². The number of nitrogens with one attached hydrogen (secondary N) is 1. The average molecular weight is 466 g/mol. The molecular weight excluding hydrogens is 456 g/mol. The molecule has 0 unspecified atom stereocenters. The van der Waals surface area contributed by atoms with Crippen molar-refractivity contribution in [2.24, 2.45) is 0 Å². The Morgan fingerprint density at radius 2 is 1.77 bits per heavy atom. The maximum Gasteiger partial charge on any atom is 0.381 e. The highest BCUT2D eigenvalue weighted by atomic mass is 35.5. The molecule has 0 aromatic carbocycles. The van der Waals surface area contributed by atoms with Crippen LogP contribution in [0.2, 0.25) is 5.02 Å². The van der Waals surface area contributed by atoms with Crippen LogP contribution < -0.4 is 14.8 Å². The predicted molar refractivity (Wildman–Crippen MR) is 83.7 cm³/mol. The third-order valence-corrected chi connectivity index (χ3v) is 3.74. The van der Waals surface area contributed by atoms with Crippen molar-refractivity contribution >= 4 is 17.5 Å². The van der Waals surface area contributed by atoms with Crippen LogP contribution in [0.5, 0.6) is 5.88 Å². The number of hydrogen-bond acceptors (Lipinski definition) is 4. The van der Waals surface area contributed by atoms with Crippen molar-refractivity contribution in [3.05, 3.63) is 47.6 Å². The summed E-state index contributed by atoms with van der Waals surface area (Å²) in [6, 6.07) is 0.866. The van der Waals surface area contributed by atoms with Gasteiger partial charge in [-0.1, -0.05) is 16.3 Å². The van der Waals surface area contributed by atoms with E-state index in [1.165, 1.54) is 29.5 Å². The van der Waals surface area contributed by atoms with Gasteiger partial charge in [-0.05, 0) is 6.07 Å². The fourth-order valence-electron chi connectivity index (χ4n) is 1.86. The maximum atomic E-state index is 13.5. The van der Waals surface area contributed by atoms with Crippen LogP contribution in [0.25, 0.3) is 0 Å². The number of nitrogens with zero attached hydrogens (tertiary/aromatic N) is 3. The summed E-state index contributed by atoms with van der Waals surface area (Å²) in [5.74, 6) is -20.1. The predicted octanol–water partition coefficient (Wildman–Crippen LogP) is 3.35. The molecule has 1 N–H and O–H groups in total. The van der Waals surface area contributed by atoms with Gasteiger partial charge >= 0.3 is 30.1 Å². The van der Waals surface area contributed by atoms with Crippen LogP contribution in [0.15, 0.2) is 37.1 Å². The third kappa shape index (κ3) is 4.68. The first-order valence-electron chi connectivity index (χ1n) is 7.62. The van der Waals surface area contributed by atoms with E-state index in [1.54, 1.807) is 0 Å². The van der Waals surface area contributed by atoms with E-state index in [0.29, 0.717) is 0 Å². The van der Waals surface area contributed by atoms with Crippen LogP contribution in [0.4, 0.5) is 35.1 Å². The molecule has 0 spiro atoms. The molecule has 0 fully saturated rings. The fourth-order valence-corrected chi connectivity index (χ4v) is 2.08. The molecule has 2 heterocycles. The van der Waals surface area contributed by atoms with Crippen LogP contribution in [-0.2, 0) is 0 Å². The maximum absolute atomic E-state index is 13.5. The second kappa shape index (κ2) is 8.53. The van der Waals surface area contributed by atoms with Crippen molar-refractivity contribution in [2.75, 3.05) is 12.0 Å². The molecule has 0 aliphatic rings. The topological polar surface area (TPSA) is 68.0 Å². The summed E-state index contributed by atoms with van der Waals surface area (Å²) >= 11 is 5.68. The lowest BCUT2D eigenvalue weighted by Crippen LogP contribution is -2.59. The van der Waals surface area contributed by atoms with Crippen molar-refractivity contribution in [3.63, 3.8) is 0 Å². The van der Waals surface area contributed by atoms with Gasteiger partial charge in [0.1, 0.15) is 5.02 Å². The minimum absolute atomic E-state index is 0.210. The van der Waals surface area contributed by atoms with E-state index in [1.807, 2.05) is 0 Å². The van der Waals surface area contributed by atoms with Crippen LogP contribution in [0, 0.1) is 0 Å². The Hall–Kier alpha value is -2.77. The zero-order valence-corrected chi connectivity index (χ0v) is 15.1. The van der Waals surface area contributed by atoms with Crippen LogP contribution in [0.1, 0.15) is 10.4 Å². The summed E-state index contributed by atoms with van der Waals surface area (Å²) in [4.78, 5) is 19.1. The Morgan fingerprint density at radius 3 is 2.30 bits per heavy atom. The smallest absolute Gasteiger partial charge is 0.381 e. The molecule has 15 heteroatoms. The molecule has 0 saturated carbocycles. The summed E-state index contributed by atoms with van der Waals surface area (Å²) in [7, 11) is 0. The number of aromatic nitrogens is 3. The van der Waals surface area contributed by atoms with Gasteiger partial charge in [0.15, 0.2) is 6.61 Å². The number of alkyl halides is 8. The van der Waals surface area contributed by atoms with Gasteiger partial charge in [0.2, 0.25) is 18.3 Å². The van der Waals surface area contributed by atoms with Crippen LogP contribution in [0.3, 0.4) is 0 Å². The molecular formula is C15H10ClF8N4O2+. The molecule has 1 amide bonds. The van der Waals surface area contributed by atoms with E-state index in [2.05, 4.69) is 20.1 Å². The lowest BCUT2D eigenvalue weighted by molar-refractivity contribution is -0.641. The molecule has 0 radical (unpaired) electrons. The molecule has 2 rings (SSSR count). The van der Waals surface area contributed by atoms with Crippen molar-refractivity contribution in [2.45, 2.75) is 24.2 Å². The van der Waals surface area contributed by atoms with Gasteiger partial charge in [-0.3, -0.25) is 9.78 Å². The number of ether oxygens (including phenoxy) is 1. The van der Waals surface area contributed by atoms with E-state index in [4.69, 9.17) is 11.6 Å². The molecule has 0 atom stereocenters.